The van der Waals surface area contributed by atoms with Crippen molar-refractivity contribution in [2.45, 2.75) is 31.1 Å². The molecule has 0 aromatic heterocycles. The average Bonchev–Trinajstić information content (AvgIpc) is 2.73. The molecule has 0 saturated carbocycles. The van der Waals surface area contributed by atoms with Crippen molar-refractivity contribution in [1.82, 2.24) is 4.31 Å². The third kappa shape index (κ3) is 4.61. The quantitative estimate of drug-likeness (QED) is 0.666. The smallest absolute Gasteiger partial charge is 0.313 e. The van der Waals surface area contributed by atoms with Crippen molar-refractivity contribution in [1.29, 1.82) is 0 Å². The fraction of sp³-hybridized carbons (Fsp3) is 0.286. The molecule has 0 N–H and O–H groups in total. The summed E-state index contributed by atoms with van der Waals surface area (Å²) in [6.45, 7) is 2.24. The molecule has 0 unspecified atom stereocenters. The lowest BCUT2D eigenvalue weighted by atomic mass is 10.0. The molecule has 2 aromatic rings. The van der Waals surface area contributed by atoms with Crippen LogP contribution in [0.15, 0.2) is 77.8 Å². The molecule has 2 atom stereocenters. The van der Waals surface area contributed by atoms with Crippen LogP contribution in [-0.2, 0) is 30.9 Å². The van der Waals surface area contributed by atoms with Crippen LogP contribution in [0.25, 0.3) is 0 Å². The predicted octanol–water partition coefficient (Wildman–Crippen LogP) is 3.32. The van der Waals surface area contributed by atoms with Crippen LogP contribution >= 0.6 is 0 Å². The van der Waals surface area contributed by atoms with Crippen molar-refractivity contribution in [2.75, 3.05) is 6.61 Å². The van der Waals surface area contributed by atoms with Gasteiger partial charge in [0.05, 0.1) is 24.0 Å². The lowest BCUT2D eigenvalue weighted by Crippen LogP contribution is -2.43. The first-order valence-corrected chi connectivity index (χ1v) is 10.6. The molecule has 0 radical (unpaired) electrons. The second kappa shape index (κ2) is 9.03. The van der Waals surface area contributed by atoms with Gasteiger partial charge in [0.2, 0.25) is 0 Å². The summed E-state index contributed by atoms with van der Waals surface area (Å²) in [5.41, 5.74) is 0.918. The van der Waals surface area contributed by atoms with E-state index in [0.29, 0.717) is 0 Å². The van der Waals surface area contributed by atoms with Gasteiger partial charge in [0.25, 0.3) is 10.0 Å². The van der Waals surface area contributed by atoms with Gasteiger partial charge in [-0.05, 0) is 24.6 Å². The maximum atomic E-state index is 13.1. The predicted molar refractivity (Wildman–Crippen MR) is 104 cm³/mol. The highest BCUT2D eigenvalue weighted by atomic mass is 32.2. The van der Waals surface area contributed by atoms with Crippen molar-refractivity contribution in [3.8, 4) is 0 Å². The van der Waals surface area contributed by atoms with Crippen LogP contribution in [0.4, 0.5) is 0 Å². The molecule has 0 amide bonds. The van der Waals surface area contributed by atoms with Crippen LogP contribution < -0.4 is 0 Å². The third-order valence-electron chi connectivity index (χ3n) is 4.40. The van der Waals surface area contributed by atoms with Gasteiger partial charge in [0, 0.05) is 12.6 Å². The van der Waals surface area contributed by atoms with E-state index in [-0.39, 0.29) is 30.5 Å². The van der Waals surface area contributed by atoms with Gasteiger partial charge >= 0.3 is 5.97 Å². The number of carbonyl (C=O) groups is 1. The average molecular weight is 401 g/mol. The lowest BCUT2D eigenvalue weighted by Gasteiger charge is -2.34. The maximum Gasteiger partial charge on any atom is 0.313 e. The van der Waals surface area contributed by atoms with E-state index >= 15 is 0 Å². The zero-order valence-corrected chi connectivity index (χ0v) is 16.4. The number of carbonyl (C=O) groups excluding carboxylic acids is 1. The second-order valence-corrected chi connectivity index (χ2v) is 8.18. The first-order valence-electron chi connectivity index (χ1n) is 9.11. The Kier molecular flexibility index (Phi) is 6.49. The number of esters is 1. The van der Waals surface area contributed by atoms with E-state index in [4.69, 9.17) is 9.47 Å². The number of rotatable bonds is 7. The summed E-state index contributed by atoms with van der Waals surface area (Å²) in [6, 6.07) is 17.6. The van der Waals surface area contributed by atoms with Crippen molar-refractivity contribution < 1.29 is 22.7 Å². The SMILES string of the molecule is CCOC(=O)[C@H]1C=CN(S(=O)(=O)c2ccccc2)[C@@H](OCc2ccccc2)C1. The van der Waals surface area contributed by atoms with Crippen LogP contribution in [-0.4, -0.2) is 31.5 Å². The maximum absolute atomic E-state index is 13.1. The Morgan fingerprint density at radius 2 is 1.71 bits per heavy atom. The fourth-order valence-corrected chi connectivity index (χ4v) is 4.40. The number of ether oxygens (including phenoxy) is 2. The summed E-state index contributed by atoms with van der Waals surface area (Å²) in [5.74, 6) is -0.938. The Hall–Kier alpha value is -2.64. The van der Waals surface area contributed by atoms with Gasteiger partial charge in [-0.25, -0.2) is 12.7 Å². The minimum atomic E-state index is -3.81. The molecule has 0 bridgehead atoms. The molecule has 0 saturated heterocycles. The van der Waals surface area contributed by atoms with Crippen LogP contribution in [0.5, 0.6) is 0 Å². The largest absolute Gasteiger partial charge is 0.466 e. The number of hydrogen-bond acceptors (Lipinski definition) is 5. The second-order valence-electron chi connectivity index (χ2n) is 6.34. The highest BCUT2D eigenvalue weighted by Gasteiger charge is 2.36. The Morgan fingerprint density at radius 3 is 2.36 bits per heavy atom. The molecule has 1 aliphatic heterocycles. The molecule has 28 heavy (non-hydrogen) atoms. The van der Waals surface area contributed by atoms with Gasteiger partial charge in [0.1, 0.15) is 6.23 Å². The third-order valence-corrected chi connectivity index (χ3v) is 6.18. The molecular formula is C21H23NO5S. The van der Waals surface area contributed by atoms with Gasteiger partial charge < -0.3 is 9.47 Å². The Bertz CT molecular complexity index is 912. The fourth-order valence-electron chi connectivity index (χ4n) is 2.97. The molecule has 2 aromatic carbocycles. The topological polar surface area (TPSA) is 72.9 Å². The number of nitrogens with zero attached hydrogens (tertiary/aromatic N) is 1. The number of hydrogen-bond donors (Lipinski definition) is 0. The molecule has 1 heterocycles. The van der Waals surface area contributed by atoms with E-state index in [2.05, 4.69) is 0 Å². The zero-order valence-electron chi connectivity index (χ0n) is 15.6. The van der Waals surface area contributed by atoms with Crippen LogP contribution in [0.3, 0.4) is 0 Å². The van der Waals surface area contributed by atoms with Gasteiger partial charge in [-0.2, -0.15) is 0 Å². The Morgan fingerprint density at radius 1 is 1.07 bits per heavy atom. The molecule has 0 fully saturated rings. The summed E-state index contributed by atoms with van der Waals surface area (Å²) in [7, 11) is -3.81. The first-order chi connectivity index (χ1) is 13.5. The van der Waals surface area contributed by atoms with Crippen molar-refractivity contribution in [2.24, 2.45) is 5.92 Å². The van der Waals surface area contributed by atoms with E-state index in [1.807, 2.05) is 30.3 Å². The summed E-state index contributed by atoms with van der Waals surface area (Å²) in [6.07, 6.45) is 2.34. The molecule has 0 spiro atoms. The van der Waals surface area contributed by atoms with Crippen LogP contribution in [0.2, 0.25) is 0 Å². The monoisotopic (exact) mass is 401 g/mol. The van der Waals surface area contributed by atoms with Gasteiger partial charge in [0.15, 0.2) is 0 Å². The number of benzene rings is 2. The Balaban J connectivity index is 1.86. The molecule has 6 nitrogen and oxygen atoms in total. The highest BCUT2D eigenvalue weighted by Crippen LogP contribution is 2.29. The summed E-state index contributed by atoms with van der Waals surface area (Å²) in [4.78, 5) is 12.3. The molecule has 3 rings (SSSR count). The van der Waals surface area contributed by atoms with Crippen molar-refractivity contribution >= 4 is 16.0 Å². The van der Waals surface area contributed by atoms with Crippen LogP contribution in [0, 0.1) is 5.92 Å². The normalized spacial score (nSPS) is 19.4. The Labute approximate surface area is 165 Å². The van der Waals surface area contributed by atoms with Gasteiger partial charge in [-0.3, -0.25) is 4.79 Å². The first kappa shape index (κ1) is 20.1. The molecular weight excluding hydrogens is 378 g/mol. The van der Waals surface area contributed by atoms with E-state index < -0.39 is 22.2 Å². The minimum absolute atomic E-state index is 0.169. The van der Waals surface area contributed by atoms with Gasteiger partial charge in [-0.15, -0.1) is 0 Å². The van der Waals surface area contributed by atoms with E-state index in [9.17, 15) is 13.2 Å². The zero-order chi connectivity index (χ0) is 20.0. The van der Waals surface area contributed by atoms with Crippen molar-refractivity contribution in [3.63, 3.8) is 0 Å². The summed E-state index contributed by atoms with van der Waals surface area (Å²) in [5, 5.41) is 0. The lowest BCUT2D eigenvalue weighted by molar-refractivity contribution is -0.149. The van der Waals surface area contributed by atoms with Crippen LogP contribution in [0.1, 0.15) is 18.9 Å². The summed E-state index contributed by atoms with van der Waals surface area (Å²) < 4.78 is 38.4. The molecule has 7 heteroatoms. The van der Waals surface area contributed by atoms with E-state index in [1.165, 1.54) is 22.6 Å². The summed E-state index contributed by atoms with van der Waals surface area (Å²) >= 11 is 0. The van der Waals surface area contributed by atoms with Crippen molar-refractivity contribution in [3.05, 3.63) is 78.5 Å². The highest BCUT2D eigenvalue weighted by molar-refractivity contribution is 7.89. The minimum Gasteiger partial charge on any atom is -0.466 e. The van der Waals surface area contributed by atoms with E-state index in [0.717, 1.165) is 5.56 Å². The van der Waals surface area contributed by atoms with Gasteiger partial charge in [-0.1, -0.05) is 54.6 Å². The molecule has 1 aliphatic rings. The number of sulfonamides is 1. The molecule has 0 aliphatic carbocycles. The molecule has 148 valence electrons. The van der Waals surface area contributed by atoms with E-state index in [1.54, 1.807) is 31.2 Å². The standard InChI is InChI=1S/C21H23NO5S/c1-2-26-21(23)18-13-14-22(28(24,25)19-11-7-4-8-12-19)20(15-18)27-16-17-9-5-3-6-10-17/h3-14,18,20H,2,15-16H2,1H3/t18-,20-/m0/s1.